The summed E-state index contributed by atoms with van der Waals surface area (Å²) in [6, 6.07) is 5.15. The van der Waals surface area contributed by atoms with Gasteiger partial charge in [0.2, 0.25) is 5.95 Å². The molecule has 1 aromatic carbocycles. The molecule has 0 amide bonds. The number of aryl methyl sites for hydroxylation is 1. The number of piperazine rings is 1. The fourth-order valence-electron chi connectivity index (χ4n) is 2.49. The first kappa shape index (κ1) is 15.6. The van der Waals surface area contributed by atoms with Crippen LogP contribution in [0, 0.1) is 18.6 Å². The lowest BCUT2D eigenvalue weighted by molar-refractivity contribution is 0.311. The molecule has 5 nitrogen and oxygen atoms in total. The molecule has 1 aromatic heterocycles. The molecule has 0 radical (unpaired) electrons. The molecule has 0 aliphatic carbocycles. The van der Waals surface area contributed by atoms with E-state index >= 15 is 0 Å². The molecule has 1 aliphatic rings. The first-order valence-corrected chi connectivity index (χ1v) is 7.52. The first-order valence-electron chi connectivity index (χ1n) is 7.52. The lowest BCUT2D eigenvalue weighted by Crippen LogP contribution is -2.45. The number of nitrogens with zero attached hydrogens (tertiary/aromatic N) is 4. The Morgan fingerprint density at radius 1 is 1.04 bits per heavy atom. The van der Waals surface area contributed by atoms with E-state index in [9.17, 15) is 8.78 Å². The summed E-state index contributed by atoms with van der Waals surface area (Å²) >= 11 is 0. The molecule has 0 spiro atoms. The van der Waals surface area contributed by atoms with Crippen molar-refractivity contribution in [3.8, 4) is 0 Å². The van der Waals surface area contributed by atoms with Crippen molar-refractivity contribution in [1.82, 2.24) is 14.9 Å². The Balaban J connectivity index is 1.82. The van der Waals surface area contributed by atoms with Crippen molar-refractivity contribution in [3.63, 3.8) is 0 Å². The molecular weight excluding hydrogens is 300 g/mol. The van der Waals surface area contributed by atoms with Crippen molar-refractivity contribution in [2.75, 3.05) is 43.4 Å². The molecule has 1 saturated heterocycles. The number of hydrogen-bond donors (Lipinski definition) is 1. The number of benzene rings is 1. The molecule has 0 bridgehead atoms. The number of aromatic nitrogens is 2. The molecule has 1 aliphatic heterocycles. The summed E-state index contributed by atoms with van der Waals surface area (Å²) in [4.78, 5) is 13.3. The molecular formula is C16H19F2N5. The van der Waals surface area contributed by atoms with Gasteiger partial charge in [-0.3, -0.25) is 0 Å². The molecule has 0 saturated carbocycles. The van der Waals surface area contributed by atoms with Crippen molar-refractivity contribution >= 4 is 17.5 Å². The van der Waals surface area contributed by atoms with Crippen LogP contribution in [0.15, 0.2) is 24.3 Å². The van der Waals surface area contributed by atoms with Crippen molar-refractivity contribution in [3.05, 3.63) is 41.6 Å². The van der Waals surface area contributed by atoms with Gasteiger partial charge in [-0.1, -0.05) is 0 Å². The van der Waals surface area contributed by atoms with E-state index < -0.39 is 11.6 Å². The van der Waals surface area contributed by atoms with Gasteiger partial charge < -0.3 is 15.1 Å². The molecule has 2 heterocycles. The predicted molar refractivity (Wildman–Crippen MR) is 86.1 cm³/mol. The highest BCUT2D eigenvalue weighted by Crippen LogP contribution is 2.22. The number of anilines is 3. The Labute approximate surface area is 134 Å². The number of halogens is 2. The molecule has 0 unspecified atom stereocenters. The zero-order valence-corrected chi connectivity index (χ0v) is 13.2. The fraction of sp³-hybridized carbons (Fsp3) is 0.375. The van der Waals surface area contributed by atoms with Crippen LogP contribution < -0.4 is 10.2 Å². The van der Waals surface area contributed by atoms with E-state index in [1.54, 1.807) is 6.07 Å². The smallest absolute Gasteiger partial charge is 0.227 e. The summed E-state index contributed by atoms with van der Waals surface area (Å²) < 4.78 is 26.8. The van der Waals surface area contributed by atoms with Gasteiger partial charge in [0.05, 0.1) is 5.69 Å². The number of rotatable bonds is 3. The maximum atomic E-state index is 13.8. The maximum absolute atomic E-state index is 13.8. The predicted octanol–water partition coefficient (Wildman–Crippen LogP) is 2.56. The average Bonchev–Trinajstić information content (AvgIpc) is 2.50. The third-order valence-electron chi connectivity index (χ3n) is 3.82. The first-order chi connectivity index (χ1) is 11.0. The molecule has 122 valence electrons. The highest BCUT2D eigenvalue weighted by molar-refractivity contribution is 5.58. The van der Waals surface area contributed by atoms with Gasteiger partial charge in [-0.15, -0.1) is 0 Å². The maximum Gasteiger partial charge on any atom is 0.227 e. The fourth-order valence-corrected chi connectivity index (χ4v) is 2.49. The highest BCUT2D eigenvalue weighted by atomic mass is 19.1. The standard InChI is InChI=1S/C16H19F2N5/c1-11-9-15(20-14-4-3-12(17)10-13(14)18)21-16(19-11)23-7-5-22(2)6-8-23/h3-4,9-10H,5-8H2,1-2H3,(H,19,20,21). The zero-order valence-electron chi connectivity index (χ0n) is 13.2. The average molecular weight is 319 g/mol. The van der Waals surface area contributed by atoms with Crippen molar-refractivity contribution in [2.45, 2.75) is 6.92 Å². The second kappa shape index (κ2) is 6.45. The monoisotopic (exact) mass is 319 g/mol. The summed E-state index contributed by atoms with van der Waals surface area (Å²) in [7, 11) is 2.08. The summed E-state index contributed by atoms with van der Waals surface area (Å²) in [5.41, 5.74) is 0.979. The van der Waals surface area contributed by atoms with Crippen LogP contribution in [0.25, 0.3) is 0 Å². The largest absolute Gasteiger partial charge is 0.338 e. The minimum Gasteiger partial charge on any atom is -0.338 e. The van der Waals surface area contributed by atoms with Gasteiger partial charge in [-0.2, -0.15) is 4.98 Å². The van der Waals surface area contributed by atoms with Gasteiger partial charge in [0.1, 0.15) is 17.5 Å². The van der Waals surface area contributed by atoms with Crippen molar-refractivity contribution < 1.29 is 8.78 Å². The summed E-state index contributed by atoms with van der Waals surface area (Å²) in [6.07, 6.45) is 0. The van der Waals surface area contributed by atoms with Crippen LogP contribution >= 0.6 is 0 Å². The second-order valence-electron chi connectivity index (χ2n) is 5.73. The molecule has 7 heteroatoms. The topological polar surface area (TPSA) is 44.3 Å². The Morgan fingerprint density at radius 2 is 1.78 bits per heavy atom. The highest BCUT2D eigenvalue weighted by Gasteiger charge is 2.17. The van der Waals surface area contributed by atoms with E-state index in [-0.39, 0.29) is 5.69 Å². The minimum absolute atomic E-state index is 0.189. The van der Waals surface area contributed by atoms with Gasteiger partial charge in [0.25, 0.3) is 0 Å². The van der Waals surface area contributed by atoms with Crippen LogP contribution in [-0.4, -0.2) is 48.1 Å². The molecule has 0 atom stereocenters. The normalized spacial score (nSPS) is 15.7. The SMILES string of the molecule is Cc1cc(Nc2ccc(F)cc2F)nc(N2CCN(C)CC2)n1. The Morgan fingerprint density at radius 3 is 2.48 bits per heavy atom. The number of likely N-dealkylation sites (N-methyl/N-ethyl adjacent to an activating group) is 1. The minimum atomic E-state index is -0.651. The third kappa shape index (κ3) is 3.73. The Hall–Kier alpha value is -2.28. The van der Waals surface area contributed by atoms with Crippen LogP contribution in [0.3, 0.4) is 0 Å². The van der Waals surface area contributed by atoms with Crippen molar-refractivity contribution in [1.29, 1.82) is 0 Å². The molecule has 1 fully saturated rings. The molecule has 23 heavy (non-hydrogen) atoms. The Bertz CT molecular complexity index is 699. The Kier molecular flexibility index (Phi) is 4.38. The lowest BCUT2D eigenvalue weighted by Gasteiger charge is -2.32. The molecule has 1 N–H and O–H groups in total. The van der Waals surface area contributed by atoms with E-state index in [0.29, 0.717) is 11.8 Å². The van der Waals surface area contributed by atoms with Crippen molar-refractivity contribution in [2.24, 2.45) is 0 Å². The number of nitrogens with one attached hydrogen (secondary N) is 1. The summed E-state index contributed by atoms with van der Waals surface area (Å²) in [5.74, 6) is -0.132. The van der Waals surface area contributed by atoms with Gasteiger partial charge in [-0.25, -0.2) is 13.8 Å². The van der Waals surface area contributed by atoms with Crippen LogP contribution in [0.4, 0.5) is 26.2 Å². The molecule has 2 aromatic rings. The van der Waals surface area contributed by atoms with Crippen LogP contribution in [0.2, 0.25) is 0 Å². The summed E-state index contributed by atoms with van der Waals surface area (Å²) in [5, 5.41) is 2.90. The van der Waals surface area contributed by atoms with Gasteiger partial charge in [-0.05, 0) is 26.1 Å². The summed E-state index contributed by atoms with van der Waals surface area (Å²) in [6.45, 7) is 5.47. The van der Waals surface area contributed by atoms with Gasteiger partial charge in [0.15, 0.2) is 0 Å². The van der Waals surface area contributed by atoms with E-state index in [2.05, 4.69) is 32.1 Å². The number of hydrogen-bond acceptors (Lipinski definition) is 5. The quantitative estimate of drug-likeness (QED) is 0.942. The van der Waals surface area contributed by atoms with E-state index in [1.165, 1.54) is 12.1 Å². The van der Waals surface area contributed by atoms with Gasteiger partial charge in [0, 0.05) is 44.0 Å². The van der Waals surface area contributed by atoms with Gasteiger partial charge >= 0.3 is 0 Å². The molecule has 3 rings (SSSR count). The lowest BCUT2D eigenvalue weighted by atomic mass is 10.3. The van der Waals surface area contributed by atoms with Crippen LogP contribution in [-0.2, 0) is 0 Å². The van der Waals surface area contributed by atoms with E-state index in [0.717, 1.165) is 37.9 Å². The third-order valence-corrected chi connectivity index (χ3v) is 3.82. The van der Waals surface area contributed by atoms with E-state index in [1.807, 2.05) is 6.92 Å². The second-order valence-corrected chi connectivity index (χ2v) is 5.73. The zero-order chi connectivity index (χ0) is 16.4. The van der Waals surface area contributed by atoms with E-state index in [4.69, 9.17) is 0 Å². The van der Waals surface area contributed by atoms with Crippen LogP contribution in [0.5, 0.6) is 0 Å². The van der Waals surface area contributed by atoms with Crippen LogP contribution in [0.1, 0.15) is 5.69 Å².